The molecule has 1 aromatic carbocycles. The molecule has 0 atom stereocenters. The SMILES string of the molecule is Cc1cccc(NC2CCN(c3ncc(Br)cn3)CC2)c1. The highest BCUT2D eigenvalue weighted by Gasteiger charge is 2.20. The van der Waals surface area contributed by atoms with Crippen LogP contribution in [0.1, 0.15) is 18.4 Å². The molecule has 2 heterocycles. The molecule has 0 spiro atoms. The number of halogens is 1. The van der Waals surface area contributed by atoms with Gasteiger partial charge in [-0.15, -0.1) is 0 Å². The normalized spacial score (nSPS) is 16.0. The van der Waals surface area contributed by atoms with E-state index in [4.69, 9.17) is 0 Å². The molecule has 1 aliphatic heterocycles. The molecule has 0 radical (unpaired) electrons. The molecule has 3 rings (SSSR count). The third-order valence-electron chi connectivity index (χ3n) is 3.77. The van der Waals surface area contributed by atoms with Gasteiger partial charge in [-0.3, -0.25) is 0 Å². The third-order valence-corrected chi connectivity index (χ3v) is 4.18. The number of hydrogen-bond acceptors (Lipinski definition) is 4. The molecule has 1 saturated heterocycles. The van der Waals surface area contributed by atoms with Crippen LogP contribution >= 0.6 is 15.9 Å². The van der Waals surface area contributed by atoms with Crippen molar-refractivity contribution in [2.24, 2.45) is 0 Å². The number of rotatable bonds is 3. The second-order valence-corrected chi connectivity index (χ2v) is 6.39. The molecule has 0 bridgehead atoms. The molecule has 1 aromatic heterocycles. The summed E-state index contributed by atoms with van der Waals surface area (Å²) in [5, 5.41) is 3.63. The molecule has 1 fully saturated rings. The Kier molecular flexibility index (Phi) is 4.39. The van der Waals surface area contributed by atoms with E-state index < -0.39 is 0 Å². The lowest BCUT2D eigenvalue weighted by atomic mass is 10.0. The zero-order valence-electron chi connectivity index (χ0n) is 12.1. The Bertz CT molecular complexity index is 591. The Labute approximate surface area is 133 Å². The number of nitrogens with one attached hydrogen (secondary N) is 1. The van der Waals surface area contributed by atoms with Gasteiger partial charge in [-0.1, -0.05) is 12.1 Å². The summed E-state index contributed by atoms with van der Waals surface area (Å²) in [5.41, 5.74) is 2.51. The second kappa shape index (κ2) is 6.43. The zero-order chi connectivity index (χ0) is 14.7. The standard InChI is InChI=1S/C16H19BrN4/c1-12-3-2-4-15(9-12)20-14-5-7-21(8-6-14)16-18-10-13(17)11-19-16/h2-4,9-11,14,20H,5-8H2,1H3. The first-order chi connectivity index (χ1) is 10.2. The van der Waals surface area contributed by atoms with Crippen molar-refractivity contribution in [2.45, 2.75) is 25.8 Å². The first-order valence-electron chi connectivity index (χ1n) is 7.26. The van der Waals surface area contributed by atoms with Gasteiger partial charge in [0.1, 0.15) is 0 Å². The third kappa shape index (κ3) is 3.73. The van der Waals surface area contributed by atoms with Crippen LogP contribution in [0.5, 0.6) is 0 Å². The lowest BCUT2D eigenvalue weighted by Gasteiger charge is -2.32. The second-order valence-electron chi connectivity index (χ2n) is 5.48. The van der Waals surface area contributed by atoms with E-state index in [9.17, 15) is 0 Å². The molecule has 1 N–H and O–H groups in total. The van der Waals surface area contributed by atoms with Gasteiger partial charge in [0.05, 0.1) is 4.47 Å². The van der Waals surface area contributed by atoms with Gasteiger partial charge in [-0.25, -0.2) is 9.97 Å². The van der Waals surface area contributed by atoms with Gasteiger partial charge in [0.2, 0.25) is 5.95 Å². The average Bonchev–Trinajstić information content (AvgIpc) is 2.49. The van der Waals surface area contributed by atoms with Crippen molar-refractivity contribution in [1.82, 2.24) is 9.97 Å². The van der Waals surface area contributed by atoms with Crippen LogP contribution < -0.4 is 10.2 Å². The van der Waals surface area contributed by atoms with Crippen molar-refractivity contribution in [2.75, 3.05) is 23.3 Å². The maximum Gasteiger partial charge on any atom is 0.225 e. The van der Waals surface area contributed by atoms with Gasteiger partial charge in [0, 0.05) is 37.2 Å². The molecule has 1 aliphatic rings. The molecule has 0 unspecified atom stereocenters. The van der Waals surface area contributed by atoms with Crippen LogP contribution in [0.15, 0.2) is 41.1 Å². The Morgan fingerprint density at radius 3 is 2.57 bits per heavy atom. The van der Waals surface area contributed by atoms with Crippen LogP contribution in [0.25, 0.3) is 0 Å². The molecule has 110 valence electrons. The maximum atomic E-state index is 4.37. The summed E-state index contributed by atoms with van der Waals surface area (Å²) < 4.78 is 0.919. The van der Waals surface area contributed by atoms with E-state index in [2.05, 4.69) is 67.3 Å². The summed E-state index contributed by atoms with van der Waals surface area (Å²) >= 11 is 3.37. The van der Waals surface area contributed by atoms with Crippen molar-refractivity contribution in [3.8, 4) is 0 Å². The van der Waals surface area contributed by atoms with Crippen molar-refractivity contribution < 1.29 is 0 Å². The average molecular weight is 347 g/mol. The lowest BCUT2D eigenvalue weighted by molar-refractivity contribution is 0.520. The first kappa shape index (κ1) is 14.3. The molecule has 2 aromatic rings. The van der Waals surface area contributed by atoms with Gasteiger partial charge in [-0.05, 0) is 53.4 Å². The smallest absolute Gasteiger partial charge is 0.225 e. The molecule has 5 heteroatoms. The predicted octanol–water partition coefficient (Wildman–Crippen LogP) is 3.63. The van der Waals surface area contributed by atoms with E-state index in [-0.39, 0.29) is 0 Å². The summed E-state index contributed by atoms with van der Waals surface area (Å²) in [6.07, 6.45) is 5.82. The van der Waals surface area contributed by atoms with Gasteiger partial charge < -0.3 is 10.2 Å². The number of aryl methyl sites for hydroxylation is 1. The van der Waals surface area contributed by atoms with E-state index >= 15 is 0 Å². The lowest BCUT2D eigenvalue weighted by Crippen LogP contribution is -2.39. The Balaban J connectivity index is 1.56. The van der Waals surface area contributed by atoms with Gasteiger partial charge in [-0.2, -0.15) is 0 Å². The molecule has 0 amide bonds. The highest BCUT2D eigenvalue weighted by Crippen LogP contribution is 2.20. The quantitative estimate of drug-likeness (QED) is 0.921. The summed E-state index contributed by atoms with van der Waals surface area (Å²) in [4.78, 5) is 11.0. The van der Waals surface area contributed by atoms with Crippen LogP contribution in [-0.2, 0) is 0 Å². The topological polar surface area (TPSA) is 41.0 Å². The summed E-state index contributed by atoms with van der Waals surface area (Å²) in [6, 6.07) is 9.08. The minimum atomic E-state index is 0.526. The van der Waals surface area contributed by atoms with E-state index in [0.29, 0.717) is 6.04 Å². The summed E-state index contributed by atoms with van der Waals surface area (Å²) in [6.45, 7) is 4.11. The molecular weight excluding hydrogens is 328 g/mol. The molecule has 4 nitrogen and oxygen atoms in total. The fourth-order valence-corrected chi connectivity index (χ4v) is 2.87. The van der Waals surface area contributed by atoms with Crippen LogP contribution in [0.3, 0.4) is 0 Å². The highest BCUT2D eigenvalue weighted by molar-refractivity contribution is 9.10. The van der Waals surface area contributed by atoms with Crippen LogP contribution in [0.2, 0.25) is 0 Å². The fourth-order valence-electron chi connectivity index (χ4n) is 2.66. The fraction of sp³-hybridized carbons (Fsp3) is 0.375. The van der Waals surface area contributed by atoms with E-state index in [1.54, 1.807) is 12.4 Å². The zero-order valence-corrected chi connectivity index (χ0v) is 13.7. The number of anilines is 2. The predicted molar refractivity (Wildman–Crippen MR) is 89.8 cm³/mol. The Hall–Kier alpha value is -1.62. The Morgan fingerprint density at radius 2 is 1.90 bits per heavy atom. The van der Waals surface area contributed by atoms with E-state index in [1.807, 2.05) is 0 Å². The number of benzene rings is 1. The summed E-state index contributed by atoms with van der Waals surface area (Å²) in [7, 11) is 0. The van der Waals surface area contributed by atoms with Crippen molar-refractivity contribution in [3.05, 3.63) is 46.7 Å². The number of piperidine rings is 1. The monoisotopic (exact) mass is 346 g/mol. The maximum absolute atomic E-state index is 4.37. The molecule has 0 saturated carbocycles. The van der Waals surface area contributed by atoms with E-state index in [1.165, 1.54) is 11.3 Å². The largest absolute Gasteiger partial charge is 0.382 e. The van der Waals surface area contributed by atoms with Crippen LogP contribution in [0.4, 0.5) is 11.6 Å². The van der Waals surface area contributed by atoms with Gasteiger partial charge >= 0.3 is 0 Å². The molecule has 21 heavy (non-hydrogen) atoms. The van der Waals surface area contributed by atoms with Crippen LogP contribution in [0, 0.1) is 6.92 Å². The minimum Gasteiger partial charge on any atom is -0.382 e. The highest BCUT2D eigenvalue weighted by atomic mass is 79.9. The van der Waals surface area contributed by atoms with Crippen molar-refractivity contribution >= 4 is 27.6 Å². The van der Waals surface area contributed by atoms with Crippen LogP contribution in [-0.4, -0.2) is 29.1 Å². The Morgan fingerprint density at radius 1 is 1.19 bits per heavy atom. The van der Waals surface area contributed by atoms with Crippen molar-refractivity contribution in [1.29, 1.82) is 0 Å². The number of hydrogen-bond donors (Lipinski definition) is 1. The molecular formula is C16H19BrN4. The minimum absolute atomic E-state index is 0.526. The molecule has 0 aliphatic carbocycles. The van der Waals surface area contributed by atoms with E-state index in [0.717, 1.165) is 36.4 Å². The number of aromatic nitrogens is 2. The van der Waals surface area contributed by atoms with Gasteiger partial charge in [0.15, 0.2) is 0 Å². The number of nitrogens with zero attached hydrogens (tertiary/aromatic N) is 3. The summed E-state index contributed by atoms with van der Waals surface area (Å²) in [5.74, 6) is 0.826. The first-order valence-corrected chi connectivity index (χ1v) is 8.06. The van der Waals surface area contributed by atoms with Crippen molar-refractivity contribution in [3.63, 3.8) is 0 Å². The van der Waals surface area contributed by atoms with Gasteiger partial charge in [0.25, 0.3) is 0 Å².